The third-order valence-corrected chi connectivity index (χ3v) is 9.39. The van der Waals surface area contributed by atoms with Crippen LogP contribution in [0.3, 0.4) is 0 Å². The number of halogens is 3. The standard InChI is InChI=1S/C32H41Cl2FN4O3/c33-26-6-5-25(29(34)22-26)21-30(36-32(41)39-16-18-42-19-17-39)31(40)38-14-9-23(10-15-38)28-8-7-27(35)20-24(28)4-3-13-37-11-1-2-12-37/h5-8,20,22-23,30H,1-4,9-19,21H2,(H,36,41)/t30-/m1/s1. The van der Waals surface area contributed by atoms with Crippen LogP contribution in [-0.2, 0) is 22.4 Å². The largest absolute Gasteiger partial charge is 0.378 e. The highest BCUT2D eigenvalue weighted by atomic mass is 35.5. The van der Waals surface area contributed by atoms with Gasteiger partial charge in [0.1, 0.15) is 11.9 Å². The molecule has 0 spiro atoms. The Hall–Kier alpha value is -2.39. The molecule has 3 amide bonds. The summed E-state index contributed by atoms with van der Waals surface area (Å²) in [6.07, 6.45) is 6.28. The molecule has 7 nitrogen and oxygen atoms in total. The van der Waals surface area contributed by atoms with Crippen LogP contribution in [0.5, 0.6) is 0 Å². The summed E-state index contributed by atoms with van der Waals surface area (Å²) in [4.78, 5) is 33.0. The second kappa shape index (κ2) is 14.9. The zero-order valence-corrected chi connectivity index (χ0v) is 25.6. The zero-order chi connectivity index (χ0) is 29.5. The first-order valence-electron chi connectivity index (χ1n) is 15.2. The molecule has 0 saturated carbocycles. The van der Waals surface area contributed by atoms with Gasteiger partial charge in [-0.05, 0) is 105 Å². The molecular weight excluding hydrogens is 578 g/mol. The molecule has 3 fully saturated rings. The lowest BCUT2D eigenvalue weighted by molar-refractivity contribution is -0.134. The Balaban J connectivity index is 1.23. The van der Waals surface area contributed by atoms with Crippen LogP contribution in [0.2, 0.25) is 10.0 Å². The van der Waals surface area contributed by atoms with Crippen molar-refractivity contribution >= 4 is 35.1 Å². The third-order valence-electron chi connectivity index (χ3n) is 8.80. The Morgan fingerprint density at radius 1 is 0.929 bits per heavy atom. The number of carbonyl (C=O) groups excluding carboxylic acids is 2. The van der Waals surface area contributed by atoms with Crippen LogP contribution in [0.1, 0.15) is 54.7 Å². The Labute approximate surface area is 258 Å². The van der Waals surface area contributed by atoms with Crippen LogP contribution in [-0.4, -0.2) is 91.7 Å². The first kappa shape index (κ1) is 31.0. The van der Waals surface area contributed by atoms with Crippen molar-refractivity contribution in [1.29, 1.82) is 0 Å². The van der Waals surface area contributed by atoms with Gasteiger partial charge >= 0.3 is 6.03 Å². The van der Waals surface area contributed by atoms with Gasteiger partial charge in [0, 0.05) is 42.6 Å². The molecule has 2 aromatic rings. The van der Waals surface area contributed by atoms with Gasteiger partial charge in [-0.2, -0.15) is 0 Å². The summed E-state index contributed by atoms with van der Waals surface area (Å²) in [7, 11) is 0. The molecule has 2 aromatic carbocycles. The van der Waals surface area contributed by atoms with Gasteiger partial charge in [-0.15, -0.1) is 0 Å². The Kier molecular flexibility index (Phi) is 11.0. The number of ether oxygens (including phenoxy) is 1. The highest BCUT2D eigenvalue weighted by Crippen LogP contribution is 2.32. The number of carbonyl (C=O) groups is 2. The summed E-state index contributed by atoms with van der Waals surface area (Å²) in [5, 5.41) is 3.96. The van der Waals surface area contributed by atoms with Crippen molar-refractivity contribution in [3.8, 4) is 0 Å². The Morgan fingerprint density at radius 2 is 1.67 bits per heavy atom. The van der Waals surface area contributed by atoms with Crippen LogP contribution in [0.15, 0.2) is 36.4 Å². The molecule has 1 atom stereocenters. The minimum atomic E-state index is -0.762. The van der Waals surface area contributed by atoms with Crippen LogP contribution in [0, 0.1) is 5.82 Å². The lowest BCUT2D eigenvalue weighted by Gasteiger charge is -2.36. The number of likely N-dealkylation sites (tertiary alicyclic amines) is 2. The van der Waals surface area contributed by atoms with E-state index in [-0.39, 0.29) is 30.1 Å². The quantitative estimate of drug-likeness (QED) is 0.402. The minimum Gasteiger partial charge on any atom is -0.378 e. The predicted octanol–water partition coefficient (Wildman–Crippen LogP) is 5.52. The molecule has 0 bridgehead atoms. The molecule has 3 aliphatic heterocycles. The number of piperidine rings is 1. The Morgan fingerprint density at radius 3 is 2.38 bits per heavy atom. The summed E-state index contributed by atoms with van der Waals surface area (Å²) in [6.45, 7) is 6.46. The van der Waals surface area contributed by atoms with Crippen molar-refractivity contribution in [3.63, 3.8) is 0 Å². The van der Waals surface area contributed by atoms with Crippen LogP contribution < -0.4 is 5.32 Å². The number of urea groups is 1. The van der Waals surface area contributed by atoms with E-state index < -0.39 is 6.04 Å². The van der Waals surface area contributed by atoms with Gasteiger partial charge in [0.2, 0.25) is 5.91 Å². The molecule has 3 aliphatic rings. The van der Waals surface area contributed by atoms with Crippen molar-refractivity contribution in [2.24, 2.45) is 0 Å². The highest BCUT2D eigenvalue weighted by Gasteiger charge is 2.32. The van der Waals surface area contributed by atoms with Crippen molar-refractivity contribution < 1.29 is 18.7 Å². The number of hydrogen-bond acceptors (Lipinski definition) is 4. The molecular formula is C32H41Cl2FN4O3. The van der Waals surface area contributed by atoms with E-state index in [0.717, 1.165) is 43.4 Å². The lowest BCUT2D eigenvalue weighted by atomic mass is 9.85. The van der Waals surface area contributed by atoms with E-state index in [1.54, 1.807) is 35.2 Å². The molecule has 228 valence electrons. The molecule has 0 aliphatic carbocycles. The van der Waals surface area contributed by atoms with E-state index >= 15 is 0 Å². The van der Waals surface area contributed by atoms with E-state index in [4.69, 9.17) is 27.9 Å². The molecule has 42 heavy (non-hydrogen) atoms. The van der Waals surface area contributed by atoms with Crippen molar-refractivity contribution in [2.75, 3.05) is 59.0 Å². The summed E-state index contributed by atoms with van der Waals surface area (Å²) in [6, 6.07) is 9.36. The number of nitrogens with zero attached hydrogens (tertiary/aromatic N) is 3. The third kappa shape index (κ3) is 8.16. The van der Waals surface area contributed by atoms with Crippen LogP contribution in [0.4, 0.5) is 9.18 Å². The summed E-state index contributed by atoms with van der Waals surface area (Å²) in [5.41, 5.74) is 3.04. The van der Waals surface area contributed by atoms with Gasteiger partial charge < -0.3 is 24.8 Å². The fourth-order valence-electron chi connectivity index (χ4n) is 6.43. The molecule has 10 heteroatoms. The maximum absolute atomic E-state index is 14.2. The minimum absolute atomic E-state index is 0.119. The van der Waals surface area contributed by atoms with Gasteiger partial charge in [0.25, 0.3) is 0 Å². The monoisotopic (exact) mass is 618 g/mol. The first-order valence-corrected chi connectivity index (χ1v) is 16.0. The summed E-state index contributed by atoms with van der Waals surface area (Å²) < 4.78 is 19.6. The van der Waals surface area contributed by atoms with Gasteiger partial charge in [0.15, 0.2) is 0 Å². The molecule has 1 N–H and O–H groups in total. The van der Waals surface area contributed by atoms with E-state index in [2.05, 4.69) is 10.2 Å². The smallest absolute Gasteiger partial charge is 0.318 e. The molecule has 3 saturated heterocycles. The highest BCUT2D eigenvalue weighted by molar-refractivity contribution is 6.35. The number of amides is 3. The molecule has 5 rings (SSSR count). The van der Waals surface area contributed by atoms with E-state index in [9.17, 15) is 14.0 Å². The van der Waals surface area contributed by atoms with E-state index in [1.807, 2.05) is 11.0 Å². The average Bonchev–Trinajstić information content (AvgIpc) is 3.52. The number of benzene rings is 2. The molecule has 3 heterocycles. The lowest BCUT2D eigenvalue weighted by Crippen LogP contribution is -2.55. The van der Waals surface area contributed by atoms with Crippen LogP contribution in [0.25, 0.3) is 0 Å². The van der Waals surface area contributed by atoms with Gasteiger partial charge in [0.05, 0.1) is 13.2 Å². The zero-order valence-electron chi connectivity index (χ0n) is 24.1. The fourth-order valence-corrected chi connectivity index (χ4v) is 6.92. The van der Waals surface area contributed by atoms with Gasteiger partial charge in [-0.3, -0.25) is 4.79 Å². The van der Waals surface area contributed by atoms with E-state index in [1.165, 1.54) is 31.5 Å². The van der Waals surface area contributed by atoms with Gasteiger partial charge in [-0.25, -0.2) is 9.18 Å². The maximum Gasteiger partial charge on any atom is 0.318 e. The number of aryl methyl sites for hydroxylation is 1. The predicted molar refractivity (Wildman–Crippen MR) is 164 cm³/mol. The Bertz CT molecular complexity index is 1230. The summed E-state index contributed by atoms with van der Waals surface area (Å²) >= 11 is 12.6. The number of nitrogens with one attached hydrogen (secondary N) is 1. The number of rotatable bonds is 9. The number of hydrogen-bond donors (Lipinski definition) is 1. The van der Waals surface area contributed by atoms with E-state index in [0.29, 0.717) is 49.4 Å². The second-order valence-electron chi connectivity index (χ2n) is 11.6. The van der Waals surface area contributed by atoms with Crippen molar-refractivity contribution in [1.82, 2.24) is 20.0 Å². The van der Waals surface area contributed by atoms with Crippen molar-refractivity contribution in [2.45, 2.75) is 56.9 Å². The average molecular weight is 620 g/mol. The maximum atomic E-state index is 14.2. The molecule has 0 radical (unpaired) electrons. The summed E-state index contributed by atoms with van der Waals surface area (Å²) in [5.74, 6) is -0.0446. The van der Waals surface area contributed by atoms with Gasteiger partial charge in [-0.1, -0.05) is 35.3 Å². The molecule has 0 aromatic heterocycles. The van der Waals surface area contributed by atoms with Crippen molar-refractivity contribution in [3.05, 3.63) is 69.0 Å². The SMILES string of the molecule is O=C(N[C@H](Cc1ccc(Cl)cc1Cl)C(=O)N1CCC(c2ccc(F)cc2CCCN2CCCC2)CC1)N1CCOCC1. The normalized spacial score (nSPS) is 19.2. The van der Waals surface area contributed by atoms with Crippen LogP contribution >= 0.6 is 23.2 Å². The topological polar surface area (TPSA) is 65.1 Å². The fraction of sp³-hybridized carbons (Fsp3) is 0.562. The first-order chi connectivity index (χ1) is 20.4. The number of morpholine rings is 1. The molecule has 0 unspecified atom stereocenters. The second-order valence-corrected chi connectivity index (χ2v) is 12.5.